The van der Waals surface area contributed by atoms with Crippen LogP contribution in [0.25, 0.3) is 0 Å². The molecule has 0 spiro atoms. The van der Waals surface area contributed by atoms with Gasteiger partial charge in [0.2, 0.25) is 5.91 Å². The zero-order chi connectivity index (χ0) is 14.9. The highest BCUT2D eigenvalue weighted by atomic mass is 16.5. The summed E-state index contributed by atoms with van der Waals surface area (Å²) < 4.78 is 5.28. The zero-order valence-corrected chi connectivity index (χ0v) is 12.7. The van der Waals surface area contributed by atoms with Crippen molar-refractivity contribution >= 4 is 5.91 Å². The van der Waals surface area contributed by atoms with Crippen LogP contribution in [0, 0.1) is 0 Å². The van der Waals surface area contributed by atoms with E-state index in [1.165, 1.54) is 5.56 Å². The van der Waals surface area contributed by atoms with E-state index in [0.29, 0.717) is 19.8 Å². The summed E-state index contributed by atoms with van der Waals surface area (Å²) >= 11 is 0. The minimum Gasteiger partial charge on any atom is -0.378 e. The fourth-order valence-electron chi connectivity index (χ4n) is 2.39. The first-order valence-electron chi connectivity index (χ1n) is 7.57. The molecule has 1 aliphatic rings. The molecule has 1 fully saturated rings. The van der Waals surface area contributed by atoms with Crippen molar-refractivity contribution in [1.82, 2.24) is 15.5 Å². The molecule has 0 aromatic heterocycles. The minimum absolute atomic E-state index is 0.0420. The average Bonchev–Trinajstić information content (AvgIpc) is 2.53. The Balaban J connectivity index is 1.57. The first-order valence-corrected chi connectivity index (χ1v) is 7.57. The molecule has 0 aliphatic carbocycles. The Kier molecular flexibility index (Phi) is 6.66. The fourth-order valence-corrected chi connectivity index (χ4v) is 2.39. The summed E-state index contributed by atoms with van der Waals surface area (Å²) in [5.74, 6) is 0.0420. The van der Waals surface area contributed by atoms with Gasteiger partial charge in [0, 0.05) is 19.6 Å². The van der Waals surface area contributed by atoms with Gasteiger partial charge < -0.3 is 20.3 Å². The number of nitrogens with zero attached hydrogens (tertiary/aromatic N) is 1. The number of rotatable bonds is 7. The number of ether oxygens (including phenoxy) is 1. The zero-order valence-electron chi connectivity index (χ0n) is 12.7. The van der Waals surface area contributed by atoms with Gasteiger partial charge in [-0.1, -0.05) is 30.3 Å². The number of amides is 1. The molecule has 1 saturated heterocycles. The van der Waals surface area contributed by atoms with Gasteiger partial charge in [0.1, 0.15) is 6.04 Å². The highest BCUT2D eigenvalue weighted by Crippen LogP contribution is 2.02. The van der Waals surface area contributed by atoms with Crippen molar-refractivity contribution in [2.24, 2.45) is 0 Å². The maximum Gasteiger partial charge on any atom is 0.239 e. The molecule has 0 saturated carbocycles. The summed E-state index contributed by atoms with van der Waals surface area (Å²) in [6, 6.07) is 10.2. The molecule has 1 unspecified atom stereocenters. The quantitative estimate of drug-likeness (QED) is 0.723. The lowest BCUT2D eigenvalue weighted by Crippen LogP contribution is -2.51. The van der Waals surface area contributed by atoms with Crippen molar-refractivity contribution in [3.8, 4) is 0 Å². The third kappa shape index (κ3) is 5.83. The van der Waals surface area contributed by atoms with Crippen LogP contribution in [-0.2, 0) is 16.1 Å². The van der Waals surface area contributed by atoms with E-state index in [2.05, 4.69) is 46.8 Å². The van der Waals surface area contributed by atoms with Gasteiger partial charge in [-0.2, -0.15) is 0 Å². The van der Waals surface area contributed by atoms with Gasteiger partial charge in [-0.3, -0.25) is 4.79 Å². The van der Waals surface area contributed by atoms with Crippen LogP contribution >= 0.6 is 0 Å². The largest absolute Gasteiger partial charge is 0.378 e. The number of benzene rings is 1. The SMILES string of the molecule is CN(CCCNC(=O)C1COCCN1)Cc1ccccc1. The summed E-state index contributed by atoms with van der Waals surface area (Å²) in [6.45, 7) is 4.51. The van der Waals surface area contributed by atoms with Crippen molar-refractivity contribution in [1.29, 1.82) is 0 Å². The number of hydrogen-bond acceptors (Lipinski definition) is 4. The van der Waals surface area contributed by atoms with Crippen LogP contribution in [-0.4, -0.2) is 56.7 Å². The highest BCUT2D eigenvalue weighted by molar-refractivity contribution is 5.81. The number of morpholine rings is 1. The van der Waals surface area contributed by atoms with E-state index in [1.54, 1.807) is 0 Å². The Labute approximate surface area is 126 Å². The smallest absolute Gasteiger partial charge is 0.239 e. The van der Waals surface area contributed by atoms with E-state index in [-0.39, 0.29) is 11.9 Å². The monoisotopic (exact) mass is 291 g/mol. The molecule has 1 aliphatic heterocycles. The topological polar surface area (TPSA) is 53.6 Å². The third-order valence-electron chi connectivity index (χ3n) is 3.55. The Morgan fingerprint density at radius 3 is 2.95 bits per heavy atom. The highest BCUT2D eigenvalue weighted by Gasteiger charge is 2.20. The molecule has 0 radical (unpaired) electrons. The van der Waals surface area contributed by atoms with Gasteiger partial charge >= 0.3 is 0 Å². The predicted molar refractivity (Wildman–Crippen MR) is 83.0 cm³/mol. The van der Waals surface area contributed by atoms with Crippen molar-refractivity contribution < 1.29 is 9.53 Å². The van der Waals surface area contributed by atoms with Crippen molar-refractivity contribution in [3.63, 3.8) is 0 Å². The maximum absolute atomic E-state index is 11.9. The van der Waals surface area contributed by atoms with Crippen LogP contribution < -0.4 is 10.6 Å². The van der Waals surface area contributed by atoms with Crippen LogP contribution in [0.4, 0.5) is 0 Å². The molecular formula is C16H25N3O2. The summed E-state index contributed by atoms with van der Waals surface area (Å²) in [5, 5.41) is 6.12. The molecule has 1 amide bonds. The van der Waals surface area contributed by atoms with Gasteiger partial charge in [-0.05, 0) is 25.6 Å². The molecular weight excluding hydrogens is 266 g/mol. The van der Waals surface area contributed by atoms with E-state index >= 15 is 0 Å². The molecule has 2 N–H and O–H groups in total. The van der Waals surface area contributed by atoms with Crippen LogP contribution in [0.15, 0.2) is 30.3 Å². The second-order valence-electron chi connectivity index (χ2n) is 5.45. The van der Waals surface area contributed by atoms with Crippen LogP contribution in [0.3, 0.4) is 0 Å². The lowest BCUT2D eigenvalue weighted by atomic mass is 10.2. The lowest BCUT2D eigenvalue weighted by Gasteiger charge is -2.23. The van der Waals surface area contributed by atoms with E-state index < -0.39 is 0 Å². The van der Waals surface area contributed by atoms with Gasteiger partial charge in [-0.25, -0.2) is 0 Å². The normalized spacial score (nSPS) is 18.7. The first-order chi connectivity index (χ1) is 10.3. The second-order valence-corrected chi connectivity index (χ2v) is 5.45. The Morgan fingerprint density at radius 2 is 2.24 bits per heavy atom. The Morgan fingerprint density at radius 1 is 1.43 bits per heavy atom. The molecule has 21 heavy (non-hydrogen) atoms. The second kappa shape index (κ2) is 8.77. The van der Waals surface area contributed by atoms with Gasteiger partial charge in [0.25, 0.3) is 0 Å². The summed E-state index contributed by atoms with van der Waals surface area (Å²) in [5.41, 5.74) is 1.31. The van der Waals surface area contributed by atoms with Crippen molar-refractivity contribution in [2.45, 2.75) is 19.0 Å². The molecule has 5 nitrogen and oxygen atoms in total. The maximum atomic E-state index is 11.9. The van der Waals surface area contributed by atoms with E-state index in [9.17, 15) is 4.79 Å². The molecule has 116 valence electrons. The van der Waals surface area contributed by atoms with Crippen LogP contribution in [0.5, 0.6) is 0 Å². The number of carbonyl (C=O) groups is 1. The fraction of sp³-hybridized carbons (Fsp3) is 0.562. The van der Waals surface area contributed by atoms with Gasteiger partial charge in [0.15, 0.2) is 0 Å². The number of hydrogen-bond donors (Lipinski definition) is 2. The molecule has 2 rings (SSSR count). The Hall–Kier alpha value is -1.43. The molecule has 0 bridgehead atoms. The van der Waals surface area contributed by atoms with E-state index in [4.69, 9.17) is 4.74 Å². The van der Waals surface area contributed by atoms with Crippen LogP contribution in [0.1, 0.15) is 12.0 Å². The van der Waals surface area contributed by atoms with E-state index in [1.807, 2.05) is 6.07 Å². The Bertz CT molecular complexity index is 419. The van der Waals surface area contributed by atoms with Crippen molar-refractivity contribution in [2.75, 3.05) is 39.9 Å². The molecule has 1 heterocycles. The minimum atomic E-state index is -0.194. The third-order valence-corrected chi connectivity index (χ3v) is 3.55. The summed E-state index contributed by atoms with van der Waals surface area (Å²) in [4.78, 5) is 14.1. The van der Waals surface area contributed by atoms with E-state index in [0.717, 1.165) is 26.1 Å². The van der Waals surface area contributed by atoms with Gasteiger partial charge in [-0.15, -0.1) is 0 Å². The van der Waals surface area contributed by atoms with Crippen LogP contribution in [0.2, 0.25) is 0 Å². The predicted octanol–water partition coefficient (Wildman–Crippen LogP) is 0.613. The molecule has 5 heteroatoms. The molecule has 1 aromatic rings. The summed E-state index contributed by atoms with van der Waals surface area (Å²) in [6.07, 6.45) is 0.947. The summed E-state index contributed by atoms with van der Waals surface area (Å²) in [7, 11) is 2.10. The first kappa shape index (κ1) is 15.9. The molecule has 1 aromatic carbocycles. The number of nitrogens with one attached hydrogen (secondary N) is 2. The molecule has 1 atom stereocenters. The van der Waals surface area contributed by atoms with Crippen molar-refractivity contribution in [3.05, 3.63) is 35.9 Å². The number of carbonyl (C=O) groups excluding carboxylic acids is 1. The van der Waals surface area contributed by atoms with Gasteiger partial charge in [0.05, 0.1) is 13.2 Å². The lowest BCUT2D eigenvalue weighted by molar-refractivity contribution is -0.125. The standard InChI is InChI=1S/C16H25N3O2/c1-19(12-14-6-3-2-4-7-14)10-5-8-18-16(20)15-13-21-11-9-17-15/h2-4,6-7,15,17H,5,8-13H2,1H3,(H,18,20). The average molecular weight is 291 g/mol.